The Morgan fingerprint density at radius 3 is 2.62 bits per heavy atom. The van der Waals surface area contributed by atoms with Gasteiger partial charge in [0.05, 0.1) is 0 Å². The summed E-state index contributed by atoms with van der Waals surface area (Å²) in [6.07, 6.45) is 0.467. The lowest BCUT2D eigenvalue weighted by molar-refractivity contribution is -0.121. The molecule has 0 N–H and O–H groups in total. The third-order valence-electron chi connectivity index (χ3n) is 2.63. The summed E-state index contributed by atoms with van der Waals surface area (Å²) < 4.78 is 10.9. The van der Waals surface area contributed by atoms with Crippen molar-refractivity contribution in [2.75, 3.05) is 13.2 Å². The molecule has 0 atom stereocenters. The van der Waals surface area contributed by atoms with E-state index in [4.69, 9.17) is 9.47 Å². The topological polar surface area (TPSA) is 35.5 Å². The molecule has 0 unspecified atom stereocenters. The van der Waals surface area contributed by atoms with Gasteiger partial charge in [-0.1, -0.05) is 19.9 Å². The minimum Gasteiger partial charge on any atom is -0.486 e. The number of Topliss-reactive ketones (excluding diaryl/α,β-unsaturated/α-hetero) is 1. The molecule has 86 valence electrons. The van der Waals surface area contributed by atoms with Gasteiger partial charge in [0.15, 0.2) is 11.5 Å². The zero-order chi connectivity index (χ0) is 11.5. The van der Waals surface area contributed by atoms with Crippen LogP contribution in [0.3, 0.4) is 0 Å². The van der Waals surface area contributed by atoms with Crippen LogP contribution < -0.4 is 9.47 Å². The summed E-state index contributed by atoms with van der Waals surface area (Å²) in [5.74, 6) is 1.84. The minimum atomic E-state index is 0.0770. The first-order chi connectivity index (χ1) is 7.66. The maximum Gasteiger partial charge on any atom is 0.161 e. The molecule has 1 heterocycles. The molecule has 0 radical (unpaired) electrons. The standard InChI is InChI=1S/C13H16O3/c1-9(2)11(14)7-10-3-4-12-13(8-10)16-6-5-15-12/h3-4,8-9H,5-7H2,1-2H3. The molecule has 3 heteroatoms. The van der Waals surface area contributed by atoms with E-state index in [2.05, 4.69) is 0 Å². The highest BCUT2D eigenvalue weighted by molar-refractivity contribution is 5.82. The molecular weight excluding hydrogens is 204 g/mol. The van der Waals surface area contributed by atoms with Crippen LogP contribution in [0.4, 0.5) is 0 Å². The number of ether oxygens (including phenoxy) is 2. The van der Waals surface area contributed by atoms with Gasteiger partial charge >= 0.3 is 0 Å². The van der Waals surface area contributed by atoms with Gasteiger partial charge in [-0.2, -0.15) is 0 Å². The van der Waals surface area contributed by atoms with Crippen molar-refractivity contribution in [3.63, 3.8) is 0 Å². The second-order valence-corrected chi connectivity index (χ2v) is 4.28. The van der Waals surface area contributed by atoms with Crippen LogP contribution in [0.15, 0.2) is 18.2 Å². The van der Waals surface area contributed by atoms with Crippen molar-refractivity contribution in [3.05, 3.63) is 23.8 Å². The van der Waals surface area contributed by atoms with E-state index in [0.717, 1.165) is 17.1 Å². The fourth-order valence-corrected chi connectivity index (χ4v) is 1.60. The van der Waals surface area contributed by atoms with Gasteiger partial charge in [0.1, 0.15) is 19.0 Å². The number of carbonyl (C=O) groups is 1. The first kappa shape index (κ1) is 11.0. The molecule has 0 bridgehead atoms. The molecule has 0 spiro atoms. The fraction of sp³-hybridized carbons (Fsp3) is 0.462. The normalized spacial score (nSPS) is 13.9. The molecule has 1 aromatic carbocycles. The van der Waals surface area contributed by atoms with Gasteiger partial charge in [-0.25, -0.2) is 0 Å². The molecule has 1 aromatic rings. The van der Waals surface area contributed by atoms with Crippen LogP contribution in [0.25, 0.3) is 0 Å². The van der Waals surface area contributed by atoms with E-state index in [-0.39, 0.29) is 11.7 Å². The van der Waals surface area contributed by atoms with E-state index in [1.807, 2.05) is 32.0 Å². The molecule has 0 fully saturated rings. The van der Waals surface area contributed by atoms with E-state index in [9.17, 15) is 4.79 Å². The van der Waals surface area contributed by atoms with Crippen molar-refractivity contribution in [1.82, 2.24) is 0 Å². The summed E-state index contributed by atoms with van der Waals surface area (Å²) >= 11 is 0. The highest BCUT2D eigenvalue weighted by atomic mass is 16.6. The van der Waals surface area contributed by atoms with E-state index < -0.39 is 0 Å². The largest absolute Gasteiger partial charge is 0.486 e. The number of carbonyl (C=O) groups excluding carboxylic acids is 1. The van der Waals surface area contributed by atoms with Gasteiger partial charge in [0.25, 0.3) is 0 Å². The van der Waals surface area contributed by atoms with Gasteiger partial charge in [-0.05, 0) is 17.7 Å². The Labute approximate surface area is 95.4 Å². The van der Waals surface area contributed by atoms with Gasteiger partial charge in [-0.3, -0.25) is 4.79 Å². The van der Waals surface area contributed by atoms with Gasteiger partial charge in [0.2, 0.25) is 0 Å². The maximum absolute atomic E-state index is 11.6. The Kier molecular flexibility index (Phi) is 3.13. The Morgan fingerprint density at radius 1 is 1.25 bits per heavy atom. The zero-order valence-corrected chi connectivity index (χ0v) is 9.66. The summed E-state index contributed by atoms with van der Waals surface area (Å²) in [5, 5.41) is 0. The van der Waals surface area contributed by atoms with Gasteiger partial charge in [-0.15, -0.1) is 0 Å². The Hall–Kier alpha value is -1.51. The lowest BCUT2D eigenvalue weighted by atomic mass is 10.0. The quantitative estimate of drug-likeness (QED) is 0.783. The van der Waals surface area contributed by atoms with Crippen molar-refractivity contribution in [1.29, 1.82) is 0 Å². The number of benzene rings is 1. The third kappa shape index (κ3) is 2.35. The van der Waals surface area contributed by atoms with Crippen LogP contribution in [0.1, 0.15) is 19.4 Å². The Morgan fingerprint density at radius 2 is 1.94 bits per heavy atom. The van der Waals surface area contributed by atoms with Crippen LogP contribution in [0, 0.1) is 5.92 Å². The summed E-state index contributed by atoms with van der Waals surface area (Å²) in [4.78, 5) is 11.6. The third-order valence-corrected chi connectivity index (χ3v) is 2.63. The second-order valence-electron chi connectivity index (χ2n) is 4.28. The fourth-order valence-electron chi connectivity index (χ4n) is 1.60. The van der Waals surface area contributed by atoms with Crippen LogP contribution >= 0.6 is 0 Å². The van der Waals surface area contributed by atoms with Crippen molar-refractivity contribution in [2.24, 2.45) is 5.92 Å². The molecule has 1 aliphatic rings. The molecule has 0 amide bonds. The second kappa shape index (κ2) is 4.56. The van der Waals surface area contributed by atoms with Crippen LogP contribution in [0.2, 0.25) is 0 Å². The van der Waals surface area contributed by atoms with E-state index in [1.54, 1.807) is 0 Å². The lowest BCUT2D eigenvalue weighted by Crippen LogP contribution is -2.16. The number of rotatable bonds is 3. The first-order valence-electron chi connectivity index (χ1n) is 5.58. The SMILES string of the molecule is CC(C)C(=O)Cc1ccc2c(c1)OCCO2. The number of ketones is 1. The highest BCUT2D eigenvalue weighted by Gasteiger charge is 2.14. The molecule has 2 rings (SSSR count). The molecular formula is C13H16O3. The van der Waals surface area contributed by atoms with E-state index in [0.29, 0.717) is 19.6 Å². The summed E-state index contributed by atoms with van der Waals surface area (Å²) in [6.45, 7) is 5.01. The highest BCUT2D eigenvalue weighted by Crippen LogP contribution is 2.31. The number of hydrogen-bond donors (Lipinski definition) is 0. The van der Waals surface area contributed by atoms with Crippen LogP contribution in [-0.4, -0.2) is 19.0 Å². The van der Waals surface area contributed by atoms with Crippen LogP contribution in [-0.2, 0) is 11.2 Å². The molecule has 0 saturated carbocycles. The van der Waals surface area contributed by atoms with Crippen LogP contribution in [0.5, 0.6) is 11.5 Å². The Balaban J connectivity index is 2.14. The minimum absolute atomic E-state index is 0.0770. The number of hydrogen-bond acceptors (Lipinski definition) is 3. The van der Waals surface area contributed by atoms with E-state index in [1.165, 1.54) is 0 Å². The summed E-state index contributed by atoms with van der Waals surface area (Å²) in [7, 11) is 0. The Bertz CT molecular complexity index is 396. The molecule has 16 heavy (non-hydrogen) atoms. The molecule has 1 aliphatic heterocycles. The molecule has 3 nitrogen and oxygen atoms in total. The van der Waals surface area contributed by atoms with Gasteiger partial charge < -0.3 is 9.47 Å². The average Bonchev–Trinajstić information content (AvgIpc) is 2.28. The smallest absolute Gasteiger partial charge is 0.161 e. The van der Waals surface area contributed by atoms with E-state index >= 15 is 0 Å². The molecule has 0 saturated heterocycles. The van der Waals surface area contributed by atoms with Crippen molar-refractivity contribution in [3.8, 4) is 11.5 Å². The summed E-state index contributed by atoms with van der Waals surface area (Å²) in [6, 6.07) is 5.69. The summed E-state index contributed by atoms with van der Waals surface area (Å²) in [5.41, 5.74) is 0.989. The monoisotopic (exact) mass is 220 g/mol. The van der Waals surface area contributed by atoms with Gasteiger partial charge in [0, 0.05) is 12.3 Å². The predicted octanol–water partition coefficient (Wildman–Crippen LogP) is 2.23. The van der Waals surface area contributed by atoms with Crippen molar-refractivity contribution in [2.45, 2.75) is 20.3 Å². The lowest BCUT2D eigenvalue weighted by Gasteiger charge is -2.18. The molecule has 0 aromatic heterocycles. The van der Waals surface area contributed by atoms with Crippen molar-refractivity contribution >= 4 is 5.78 Å². The predicted molar refractivity (Wildman–Crippen MR) is 61.0 cm³/mol. The zero-order valence-electron chi connectivity index (χ0n) is 9.66. The first-order valence-corrected chi connectivity index (χ1v) is 5.58. The maximum atomic E-state index is 11.6. The average molecular weight is 220 g/mol. The van der Waals surface area contributed by atoms with Crippen molar-refractivity contribution < 1.29 is 14.3 Å². The number of fused-ring (bicyclic) bond motifs is 1. The molecule has 0 aliphatic carbocycles.